The van der Waals surface area contributed by atoms with Gasteiger partial charge in [-0.3, -0.25) is 4.79 Å². The van der Waals surface area contributed by atoms with Crippen LogP contribution in [-0.4, -0.2) is 20.5 Å². The fourth-order valence-electron chi connectivity index (χ4n) is 2.75. The van der Waals surface area contributed by atoms with Crippen molar-refractivity contribution < 1.29 is 22.4 Å². The van der Waals surface area contributed by atoms with Gasteiger partial charge in [-0.05, 0) is 36.4 Å². The summed E-state index contributed by atoms with van der Waals surface area (Å²) in [6.07, 6.45) is -1.34. The molecular weight excluding hydrogens is 408 g/mol. The largest absolute Gasteiger partial charge is 0.416 e. The van der Waals surface area contributed by atoms with Crippen LogP contribution in [-0.2, 0) is 12.7 Å². The van der Waals surface area contributed by atoms with E-state index in [9.17, 15) is 22.4 Å². The number of rotatable bonds is 4. The molecule has 0 saturated heterocycles. The van der Waals surface area contributed by atoms with E-state index in [1.165, 1.54) is 11.3 Å². The fraction of sp³-hybridized carbons (Fsp3) is 0.105. The van der Waals surface area contributed by atoms with Crippen LogP contribution in [0.5, 0.6) is 0 Å². The summed E-state index contributed by atoms with van der Waals surface area (Å²) >= 11 is 1.30. The molecule has 29 heavy (non-hydrogen) atoms. The molecule has 0 radical (unpaired) electrons. The lowest BCUT2D eigenvalue weighted by atomic mass is 10.1. The Bertz CT molecular complexity index is 1200. The molecule has 0 aliphatic rings. The Balaban J connectivity index is 1.51. The molecule has 148 valence electrons. The van der Waals surface area contributed by atoms with Gasteiger partial charge in [-0.2, -0.15) is 18.3 Å². The summed E-state index contributed by atoms with van der Waals surface area (Å²) in [7, 11) is 0. The van der Waals surface area contributed by atoms with E-state index in [1.807, 2.05) is 0 Å². The average Bonchev–Trinajstić information content (AvgIpc) is 3.33. The first-order chi connectivity index (χ1) is 13.8. The summed E-state index contributed by atoms with van der Waals surface area (Å²) in [6, 6.07) is 7.27. The first-order valence-corrected chi connectivity index (χ1v) is 9.22. The van der Waals surface area contributed by atoms with Gasteiger partial charge in [0.25, 0.3) is 5.91 Å². The minimum atomic E-state index is -4.59. The van der Waals surface area contributed by atoms with Gasteiger partial charge in [0, 0.05) is 23.7 Å². The molecule has 0 spiro atoms. The number of benzene rings is 1. The van der Waals surface area contributed by atoms with Gasteiger partial charge >= 0.3 is 6.18 Å². The third-order valence-electron chi connectivity index (χ3n) is 4.20. The van der Waals surface area contributed by atoms with E-state index in [-0.39, 0.29) is 12.1 Å². The second-order valence-electron chi connectivity index (χ2n) is 6.12. The Hall–Kier alpha value is -3.27. The highest BCUT2D eigenvalue weighted by Crippen LogP contribution is 2.30. The second kappa shape index (κ2) is 7.28. The molecule has 1 amide bonds. The molecule has 0 atom stereocenters. The molecule has 0 aliphatic heterocycles. The Kier molecular flexibility index (Phi) is 4.79. The summed E-state index contributed by atoms with van der Waals surface area (Å²) in [5.74, 6) is -1.34. The number of nitrogens with one attached hydrogen (secondary N) is 1. The van der Waals surface area contributed by atoms with Crippen molar-refractivity contribution in [2.24, 2.45) is 0 Å². The molecule has 3 aromatic heterocycles. The molecule has 0 unspecified atom stereocenters. The summed E-state index contributed by atoms with van der Waals surface area (Å²) < 4.78 is 53.8. The van der Waals surface area contributed by atoms with E-state index in [0.717, 1.165) is 10.9 Å². The summed E-state index contributed by atoms with van der Waals surface area (Å²) in [5, 5.41) is 8.27. The third-order valence-corrected chi connectivity index (χ3v) is 5.16. The molecule has 0 aliphatic carbocycles. The lowest BCUT2D eigenvalue weighted by molar-refractivity contribution is -0.137. The van der Waals surface area contributed by atoms with E-state index >= 15 is 0 Å². The van der Waals surface area contributed by atoms with Gasteiger partial charge in [-0.1, -0.05) is 0 Å². The molecule has 0 fully saturated rings. The van der Waals surface area contributed by atoms with Crippen LogP contribution < -0.4 is 5.32 Å². The molecule has 5 nitrogen and oxygen atoms in total. The Morgan fingerprint density at radius 1 is 1.21 bits per heavy atom. The van der Waals surface area contributed by atoms with Gasteiger partial charge in [0.15, 0.2) is 5.65 Å². The number of hydrogen-bond donors (Lipinski definition) is 1. The SMILES string of the molecule is O=C(NCc1cc(C(F)(F)F)ccc1F)c1csc(-c2cnc3cccnn23)c1. The Morgan fingerprint density at radius 2 is 2.03 bits per heavy atom. The van der Waals surface area contributed by atoms with Crippen molar-refractivity contribution in [1.82, 2.24) is 19.9 Å². The number of alkyl halides is 3. The maximum atomic E-state index is 13.8. The van der Waals surface area contributed by atoms with Crippen LogP contribution in [0.15, 0.2) is 54.2 Å². The number of carbonyl (C=O) groups is 1. The minimum absolute atomic E-state index is 0.241. The quantitative estimate of drug-likeness (QED) is 0.493. The highest BCUT2D eigenvalue weighted by molar-refractivity contribution is 7.13. The van der Waals surface area contributed by atoms with Gasteiger partial charge in [0.05, 0.1) is 22.2 Å². The normalized spacial score (nSPS) is 11.7. The molecule has 4 aromatic rings. The number of fused-ring (bicyclic) bond motifs is 1. The first-order valence-electron chi connectivity index (χ1n) is 8.34. The number of imidazole rings is 1. The van der Waals surface area contributed by atoms with Crippen LogP contribution in [0.1, 0.15) is 21.5 Å². The van der Waals surface area contributed by atoms with Gasteiger partial charge in [-0.25, -0.2) is 13.9 Å². The molecule has 0 bridgehead atoms. The van der Waals surface area contributed by atoms with Crippen LogP contribution in [0.2, 0.25) is 0 Å². The van der Waals surface area contributed by atoms with Crippen molar-refractivity contribution in [2.75, 3.05) is 0 Å². The van der Waals surface area contributed by atoms with Crippen LogP contribution in [0.25, 0.3) is 16.2 Å². The summed E-state index contributed by atoms with van der Waals surface area (Å²) in [6.45, 7) is -0.364. The Morgan fingerprint density at radius 3 is 2.83 bits per heavy atom. The minimum Gasteiger partial charge on any atom is -0.348 e. The van der Waals surface area contributed by atoms with E-state index in [4.69, 9.17) is 0 Å². The molecule has 4 rings (SSSR count). The molecular formula is C19H12F4N4OS. The number of amides is 1. The van der Waals surface area contributed by atoms with E-state index in [0.29, 0.717) is 29.0 Å². The van der Waals surface area contributed by atoms with Gasteiger partial charge < -0.3 is 5.32 Å². The van der Waals surface area contributed by atoms with Gasteiger partial charge in [0.1, 0.15) is 11.5 Å². The highest BCUT2D eigenvalue weighted by Gasteiger charge is 2.31. The maximum absolute atomic E-state index is 13.8. The van der Waals surface area contributed by atoms with Crippen molar-refractivity contribution >= 4 is 22.9 Å². The van der Waals surface area contributed by atoms with Crippen molar-refractivity contribution in [1.29, 1.82) is 0 Å². The van der Waals surface area contributed by atoms with Crippen LogP contribution in [0.4, 0.5) is 17.6 Å². The molecule has 1 aromatic carbocycles. The van der Waals surface area contributed by atoms with Gasteiger partial charge in [-0.15, -0.1) is 11.3 Å². The number of hydrogen-bond acceptors (Lipinski definition) is 4. The standard InChI is InChI=1S/C19H12F4N4OS/c20-14-4-3-13(19(21,22)23)6-11(14)8-25-18(28)12-7-16(29-10-12)15-9-24-17-2-1-5-26-27(15)17/h1-7,9-10H,8H2,(H,25,28). The van der Waals surface area contributed by atoms with E-state index in [2.05, 4.69) is 15.4 Å². The zero-order valence-electron chi connectivity index (χ0n) is 14.6. The first kappa shape index (κ1) is 19.1. The van der Waals surface area contributed by atoms with E-state index in [1.54, 1.807) is 40.5 Å². The summed E-state index contributed by atoms with van der Waals surface area (Å²) in [5.41, 5.74) is 0.453. The fourth-order valence-corrected chi connectivity index (χ4v) is 3.63. The molecule has 10 heteroatoms. The molecule has 0 saturated carbocycles. The average molecular weight is 420 g/mol. The topological polar surface area (TPSA) is 59.3 Å². The Labute approximate surface area is 165 Å². The lowest BCUT2D eigenvalue weighted by Crippen LogP contribution is -2.23. The second-order valence-corrected chi connectivity index (χ2v) is 7.03. The highest BCUT2D eigenvalue weighted by atomic mass is 32.1. The number of halogens is 4. The predicted molar refractivity (Wildman–Crippen MR) is 98.9 cm³/mol. The third kappa shape index (κ3) is 3.83. The van der Waals surface area contributed by atoms with Crippen molar-refractivity contribution in [3.8, 4) is 10.6 Å². The number of thiophene rings is 1. The molecule has 1 N–H and O–H groups in total. The van der Waals surface area contributed by atoms with E-state index < -0.39 is 23.5 Å². The van der Waals surface area contributed by atoms with Crippen molar-refractivity contribution in [3.63, 3.8) is 0 Å². The number of carbonyl (C=O) groups excluding carboxylic acids is 1. The molecule has 3 heterocycles. The summed E-state index contributed by atoms with van der Waals surface area (Å²) in [4.78, 5) is 17.3. The van der Waals surface area contributed by atoms with Crippen LogP contribution in [0, 0.1) is 5.82 Å². The smallest absolute Gasteiger partial charge is 0.348 e. The van der Waals surface area contributed by atoms with Crippen LogP contribution in [0.3, 0.4) is 0 Å². The maximum Gasteiger partial charge on any atom is 0.416 e. The number of aromatic nitrogens is 3. The number of nitrogens with zero attached hydrogens (tertiary/aromatic N) is 3. The monoisotopic (exact) mass is 420 g/mol. The van der Waals surface area contributed by atoms with Crippen molar-refractivity contribution in [2.45, 2.75) is 12.7 Å². The van der Waals surface area contributed by atoms with Gasteiger partial charge in [0.2, 0.25) is 0 Å². The van der Waals surface area contributed by atoms with Crippen molar-refractivity contribution in [3.05, 3.63) is 76.7 Å². The predicted octanol–water partition coefficient (Wildman–Crippen LogP) is 4.55. The van der Waals surface area contributed by atoms with Crippen LogP contribution >= 0.6 is 11.3 Å². The zero-order chi connectivity index (χ0) is 20.6. The lowest BCUT2D eigenvalue weighted by Gasteiger charge is -2.10. The zero-order valence-corrected chi connectivity index (χ0v) is 15.4.